The Labute approximate surface area is 160 Å². The van der Waals surface area contributed by atoms with Gasteiger partial charge in [0.25, 0.3) is 17.7 Å². The number of benzene rings is 1. The summed E-state index contributed by atoms with van der Waals surface area (Å²) in [6.45, 7) is 0.387. The average Bonchev–Trinajstić information content (AvgIpc) is 2.96. The Morgan fingerprint density at radius 3 is 2.82 bits per heavy atom. The van der Waals surface area contributed by atoms with Crippen molar-refractivity contribution in [2.24, 2.45) is 11.7 Å². The maximum absolute atomic E-state index is 12.9. The quantitative estimate of drug-likeness (QED) is 0.378. The second-order valence-corrected chi connectivity index (χ2v) is 6.48. The number of aldehydes is 1. The van der Waals surface area contributed by atoms with Crippen molar-refractivity contribution in [2.75, 3.05) is 26.2 Å². The molecule has 1 aromatic rings. The highest BCUT2D eigenvalue weighted by Gasteiger charge is 2.46. The number of nitrogens with two attached hydrogens (primary N) is 1. The third kappa shape index (κ3) is 3.58. The predicted octanol–water partition coefficient (Wildman–Crippen LogP) is -1.56. The number of piperidine rings is 1. The van der Waals surface area contributed by atoms with Gasteiger partial charge in [0.1, 0.15) is 18.1 Å². The van der Waals surface area contributed by atoms with E-state index in [2.05, 4.69) is 10.6 Å². The number of nitrogens with one attached hydrogen (secondary N) is 2. The molecule has 0 aliphatic carbocycles. The molecule has 0 saturated carbocycles. The van der Waals surface area contributed by atoms with Gasteiger partial charge >= 0.3 is 0 Å². The van der Waals surface area contributed by atoms with Crippen LogP contribution in [0.15, 0.2) is 18.2 Å². The Hall–Kier alpha value is -3.27. The summed E-state index contributed by atoms with van der Waals surface area (Å²) in [5, 5.41) is 5.07. The van der Waals surface area contributed by atoms with Crippen LogP contribution in [0.3, 0.4) is 0 Å². The van der Waals surface area contributed by atoms with Crippen molar-refractivity contribution in [1.82, 2.24) is 15.5 Å². The number of ether oxygens (including phenoxy) is 1. The van der Waals surface area contributed by atoms with Gasteiger partial charge in [-0.25, -0.2) is 0 Å². The molecule has 1 saturated heterocycles. The Morgan fingerprint density at radius 1 is 1.32 bits per heavy atom. The predicted molar refractivity (Wildman–Crippen MR) is 95.5 cm³/mol. The molecule has 28 heavy (non-hydrogen) atoms. The number of hydrogen-bond acceptors (Lipinski definition) is 7. The molecule has 2 unspecified atom stereocenters. The van der Waals surface area contributed by atoms with Gasteiger partial charge < -0.3 is 25.9 Å². The van der Waals surface area contributed by atoms with Crippen LogP contribution in [0.4, 0.5) is 0 Å². The minimum Gasteiger partial charge on any atom is -0.483 e. The third-order valence-corrected chi connectivity index (χ3v) is 4.60. The van der Waals surface area contributed by atoms with E-state index < -0.39 is 35.6 Å². The number of carbonyl (C=O) groups is 5. The Bertz CT molecular complexity index is 839. The molecular weight excluding hydrogens is 368 g/mol. The fraction of sp³-hybridized carbons (Fsp3) is 0.389. The van der Waals surface area contributed by atoms with E-state index in [0.29, 0.717) is 6.29 Å². The van der Waals surface area contributed by atoms with Gasteiger partial charge in [0.05, 0.1) is 11.1 Å². The van der Waals surface area contributed by atoms with Crippen LogP contribution in [-0.2, 0) is 14.4 Å². The van der Waals surface area contributed by atoms with E-state index in [1.807, 2.05) is 0 Å². The van der Waals surface area contributed by atoms with Gasteiger partial charge in [0.15, 0.2) is 6.61 Å². The second kappa shape index (κ2) is 8.17. The van der Waals surface area contributed by atoms with Crippen molar-refractivity contribution in [3.05, 3.63) is 29.3 Å². The highest BCUT2D eigenvalue weighted by molar-refractivity contribution is 6.24. The molecular formula is C18H20N4O6. The van der Waals surface area contributed by atoms with Crippen LogP contribution in [0.1, 0.15) is 27.1 Å². The first-order valence-corrected chi connectivity index (χ1v) is 8.81. The minimum absolute atomic E-state index is 0.000140. The van der Waals surface area contributed by atoms with E-state index in [4.69, 9.17) is 10.5 Å². The molecule has 0 radical (unpaired) electrons. The topological polar surface area (TPSA) is 148 Å². The summed E-state index contributed by atoms with van der Waals surface area (Å²) >= 11 is 0. The molecule has 2 atom stereocenters. The van der Waals surface area contributed by atoms with Crippen molar-refractivity contribution < 1.29 is 28.7 Å². The van der Waals surface area contributed by atoms with Crippen LogP contribution in [0, 0.1) is 5.92 Å². The Kier molecular flexibility index (Phi) is 5.69. The number of fused-ring (bicyclic) bond motifs is 1. The van der Waals surface area contributed by atoms with Crippen molar-refractivity contribution in [1.29, 1.82) is 0 Å². The smallest absolute Gasteiger partial charge is 0.266 e. The van der Waals surface area contributed by atoms with Gasteiger partial charge in [-0.05, 0) is 18.6 Å². The second-order valence-electron chi connectivity index (χ2n) is 6.48. The number of rotatable bonds is 7. The van der Waals surface area contributed by atoms with Gasteiger partial charge in [-0.3, -0.25) is 24.1 Å². The molecule has 0 bridgehead atoms. The lowest BCUT2D eigenvalue weighted by Gasteiger charge is -2.31. The van der Waals surface area contributed by atoms with Gasteiger partial charge in [-0.1, -0.05) is 6.07 Å². The summed E-state index contributed by atoms with van der Waals surface area (Å²) in [6, 6.07) is 3.38. The van der Waals surface area contributed by atoms with Crippen LogP contribution in [0.25, 0.3) is 0 Å². The fourth-order valence-electron chi connectivity index (χ4n) is 3.23. The molecule has 148 valence electrons. The molecule has 1 aromatic carbocycles. The van der Waals surface area contributed by atoms with E-state index in [0.717, 1.165) is 4.90 Å². The van der Waals surface area contributed by atoms with E-state index in [1.54, 1.807) is 0 Å². The first kappa shape index (κ1) is 19.5. The highest BCUT2D eigenvalue weighted by Crippen LogP contribution is 2.33. The molecule has 2 heterocycles. The zero-order valence-corrected chi connectivity index (χ0v) is 15.0. The third-order valence-electron chi connectivity index (χ3n) is 4.60. The lowest BCUT2D eigenvalue weighted by Crippen LogP contribution is -2.55. The molecule has 2 aliphatic rings. The maximum atomic E-state index is 12.9. The zero-order chi connectivity index (χ0) is 20.3. The first-order valence-electron chi connectivity index (χ1n) is 8.81. The summed E-state index contributed by atoms with van der Waals surface area (Å²) in [5.74, 6) is -2.64. The molecule has 4 amide bonds. The molecule has 10 heteroatoms. The Balaban J connectivity index is 1.82. The molecule has 10 nitrogen and oxygen atoms in total. The molecule has 2 aliphatic heterocycles. The van der Waals surface area contributed by atoms with Gasteiger partial charge in [0, 0.05) is 25.6 Å². The van der Waals surface area contributed by atoms with Crippen molar-refractivity contribution in [3.63, 3.8) is 0 Å². The van der Waals surface area contributed by atoms with E-state index in [-0.39, 0.29) is 49.5 Å². The number of carbonyl (C=O) groups excluding carboxylic acids is 5. The van der Waals surface area contributed by atoms with Gasteiger partial charge in [-0.2, -0.15) is 0 Å². The molecule has 3 rings (SSSR count). The lowest BCUT2D eigenvalue weighted by atomic mass is 9.95. The summed E-state index contributed by atoms with van der Waals surface area (Å²) < 4.78 is 5.42. The first-order chi connectivity index (χ1) is 13.5. The van der Waals surface area contributed by atoms with Crippen LogP contribution >= 0.6 is 0 Å². The average molecular weight is 388 g/mol. The number of amides is 4. The Morgan fingerprint density at radius 2 is 2.11 bits per heavy atom. The fourth-order valence-corrected chi connectivity index (χ4v) is 3.23. The van der Waals surface area contributed by atoms with Crippen LogP contribution in [-0.4, -0.2) is 67.1 Å². The van der Waals surface area contributed by atoms with Crippen LogP contribution in [0.5, 0.6) is 5.75 Å². The van der Waals surface area contributed by atoms with Gasteiger partial charge in [0.2, 0.25) is 5.91 Å². The van der Waals surface area contributed by atoms with Crippen molar-refractivity contribution >= 4 is 29.9 Å². The molecule has 0 spiro atoms. The summed E-state index contributed by atoms with van der Waals surface area (Å²) in [6.07, 6.45) is 0.761. The number of imide groups is 1. The normalized spacial score (nSPS) is 21.2. The standard InChI is InChI=1S/C18H20N4O6/c19-4-5-20-14(24)9-28-13-3-1-2-11-15(13)18(27)22(17(11)26)12-6-10(8-23)7-21-16(12)25/h1-3,8,10,12H,4-7,9,19H2,(H,20,24)(H,21,25). The van der Waals surface area contributed by atoms with Gasteiger partial charge in [-0.15, -0.1) is 0 Å². The van der Waals surface area contributed by atoms with Crippen LogP contribution < -0.4 is 21.1 Å². The summed E-state index contributed by atoms with van der Waals surface area (Å²) in [4.78, 5) is 61.6. The highest BCUT2D eigenvalue weighted by atomic mass is 16.5. The lowest BCUT2D eigenvalue weighted by molar-refractivity contribution is -0.128. The molecule has 1 fully saturated rings. The monoisotopic (exact) mass is 388 g/mol. The summed E-state index contributed by atoms with van der Waals surface area (Å²) in [5.41, 5.74) is 5.40. The maximum Gasteiger partial charge on any atom is 0.266 e. The zero-order valence-electron chi connectivity index (χ0n) is 15.0. The number of hydrogen-bond donors (Lipinski definition) is 3. The van der Waals surface area contributed by atoms with E-state index in [9.17, 15) is 24.0 Å². The SMILES string of the molecule is NCCNC(=O)COc1cccc2c1C(=O)N(C1CC(C=O)CNC1=O)C2=O. The molecule has 0 aromatic heterocycles. The largest absolute Gasteiger partial charge is 0.483 e. The van der Waals surface area contributed by atoms with E-state index >= 15 is 0 Å². The number of nitrogens with zero attached hydrogens (tertiary/aromatic N) is 1. The van der Waals surface area contributed by atoms with Crippen LogP contribution in [0.2, 0.25) is 0 Å². The van der Waals surface area contributed by atoms with Crippen molar-refractivity contribution in [2.45, 2.75) is 12.5 Å². The minimum atomic E-state index is -1.07. The van der Waals surface area contributed by atoms with Crippen molar-refractivity contribution in [3.8, 4) is 5.75 Å². The molecule has 4 N–H and O–H groups in total. The summed E-state index contributed by atoms with van der Waals surface area (Å²) in [7, 11) is 0. The van der Waals surface area contributed by atoms with E-state index in [1.165, 1.54) is 18.2 Å².